The summed E-state index contributed by atoms with van der Waals surface area (Å²) in [4.78, 5) is 0. The molecule has 2 aliphatic rings. The first-order valence-corrected chi connectivity index (χ1v) is 8.36. The highest BCUT2D eigenvalue weighted by Crippen LogP contribution is 2.36. The second-order valence-corrected chi connectivity index (χ2v) is 6.74. The summed E-state index contributed by atoms with van der Waals surface area (Å²) in [5.74, 6) is 0. The molecule has 0 aromatic heterocycles. The summed E-state index contributed by atoms with van der Waals surface area (Å²) in [5.41, 5.74) is 8.90. The summed E-state index contributed by atoms with van der Waals surface area (Å²) in [7, 11) is 0. The van der Waals surface area contributed by atoms with Gasteiger partial charge in [-0.3, -0.25) is 0 Å². The van der Waals surface area contributed by atoms with Gasteiger partial charge in [-0.25, -0.2) is 0 Å². The summed E-state index contributed by atoms with van der Waals surface area (Å²) in [6.07, 6.45) is 9.29. The number of benzene rings is 2. The van der Waals surface area contributed by atoms with Crippen LogP contribution in [0.2, 0.25) is 0 Å². The first kappa shape index (κ1) is 13.1. The molecule has 1 heteroatoms. The number of fused-ring (bicyclic) bond motifs is 2. The van der Waals surface area contributed by atoms with Crippen molar-refractivity contribution in [1.29, 1.82) is 0 Å². The molecule has 0 saturated heterocycles. The van der Waals surface area contributed by atoms with Crippen LogP contribution in [0, 0.1) is 0 Å². The lowest BCUT2D eigenvalue weighted by molar-refractivity contribution is 1.09. The Balaban J connectivity index is 1.51. The molecule has 0 bridgehead atoms. The van der Waals surface area contributed by atoms with Crippen LogP contribution < -0.4 is 0 Å². The molecule has 2 aromatic rings. The van der Waals surface area contributed by atoms with E-state index in [-0.39, 0.29) is 0 Å². The molecular weight excluding hydrogens is 320 g/mol. The standard InChI is InChI=1S/C20H17Br/c21-18-11-12-20-16(9-10-17(20)13-18)8-7-15-6-5-14-3-1-2-4-19(14)15/h1-4,6,9,11-13H,5,7-8,10H2. The van der Waals surface area contributed by atoms with Crippen molar-refractivity contribution >= 4 is 27.1 Å². The van der Waals surface area contributed by atoms with Crippen LogP contribution in [0.3, 0.4) is 0 Å². The van der Waals surface area contributed by atoms with E-state index in [1.54, 1.807) is 0 Å². The highest BCUT2D eigenvalue weighted by Gasteiger charge is 2.17. The van der Waals surface area contributed by atoms with Crippen molar-refractivity contribution in [3.05, 3.63) is 81.3 Å². The number of allylic oxidation sites excluding steroid dienone is 4. The predicted molar refractivity (Wildman–Crippen MR) is 93.2 cm³/mol. The summed E-state index contributed by atoms with van der Waals surface area (Å²) < 4.78 is 1.18. The van der Waals surface area contributed by atoms with E-state index >= 15 is 0 Å². The van der Waals surface area contributed by atoms with Gasteiger partial charge in [0, 0.05) is 4.47 Å². The average Bonchev–Trinajstić information content (AvgIpc) is 3.08. The Morgan fingerprint density at radius 3 is 2.24 bits per heavy atom. The van der Waals surface area contributed by atoms with Gasteiger partial charge >= 0.3 is 0 Å². The van der Waals surface area contributed by atoms with Crippen LogP contribution in [-0.2, 0) is 12.8 Å². The molecule has 2 aliphatic carbocycles. The highest BCUT2D eigenvalue weighted by molar-refractivity contribution is 9.10. The summed E-state index contributed by atoms with van der Waals surface area (Å²) in [6.45, 7) is 0. The molecular formula is C20H17Br. The normalized spacial score (nSPS) is 15.5. The smallest absolute Gasteiger partial charge is 0.0178 e. The summed E-state index contributed by atoms with van der Waals surface area (Å²) in [5, 5.41) is 0. The lowest BCUT2D eigenvalue weighted by Gasteiger charge is -2.09. The second kappa shape index (κ2) is 5.31. The molecule has 0 spiro atoms. The summed E-state index contributed by atoms with van der Waals surface area (Å²) >= 11 is 3.56. The monoisotopic (exact) mass is 336 g/mol. The van der Waals surface area contributed by atoms with Crippen LogP contribution in [0.25, 0.3) is 11.1 Å². The number of hydrogen-bond donors (Lipinski definition) is 0. The van der Waals surface area contributed by atoms with Crippen molar-refractivity contribution in [3.63, 3.8) is 0 Å². The third-order valence-electron chi connectivity index (χ3n) is 4.58. The van der Waals surface area contributed by atoms with Gasteiger partial charge in [0.1, 0.15) is 0 Å². The molecule has 0 heterocycles. The van der Waals surface area contributed by atoms with E-state index < -0.39 is 0 Å². The minimum atomic E-state index is 1.08. The Bertz CT molecular complexity index is 765. The zero-order valence-corrected chi connectivity index (χ0v) is 13.5. The van der Waals surface area contributed by atoms with Crippen LogP contribution in [0.5, 0.6) is 0 Å². The third kappa shape index (κ3) is 2.40. The molecule has 2 aromatic carbocycles. The van der Waals surface area contributed by atoms with Crippen LogP contribution in [0.15, 0.2) is 59.1 Å². The van der Waals surface area contributed by atoms with Gasteiger partial charge in [0.15, 0.2) is 0 Å². The van der Waals surface area contributed by atoms with E-state index in [4.69, 9.17) is 0 Å². The van der Waals surface area contributed by atoms with Crippen molar-refractivity contribution in [2.75, 3.05) is 0 Å². The lowest BCUT2D eigenvalue weighted by atomic mass is 9.97. The van der Waals surface area contributed by atoms with Gasteiger partial charge in [-0.05, 0) is 71.2 Å². The van der Waals surface area contributed by atoms with Crippen LogP contribution in [-0.4, -0.2) is 0 Å². The minimum Gasteiger partial charge on any atom is -0.0763 e. The molecule has 104 valence electrons. The van der Waals surface area contributed by atoms with Gasteiger partial charge in [-0.2, -0.15) is 0 Å². The largest absolute Gasteiger partial charge is 0.0763 e. The molecule has 0 aliphatic heterocycles. The minimum absolute atomic E-state index is 1.08. The topological polar surface area (TPSA) is 0 Å². The number of rotatable bonds is 3. The number of hydrogen-bond acceptors (Lipinski definition) is 0. The maximum atomic E-state index is 3.56. The van der Waals surface area contributed by atoms with E-state index in [1.807, 2.05) is 0 Å². The molecule has 0 radical (unpaired) electrons. The molecule has 21 heavy (non-hydrogen) atoms. The van der Waals surface area contributed by atoms with E-state index in [9.17, 15) is 0 Å². The first-order chi connectivity index (χ1) is 10.3. The van der Waals surface area contributed by atoms with Gasteiger partial charge < -0.3 is 0 Å². The second-order valence-electron chi connectivity index (χ2n) is 5.83. The maximum Gasteiger partial charge on any atom is 0.0178 e. The van der Waals surface area contributed by atoms with E-state index in [0.29, 0.717) is 0 Å². The van der Waals surface area contributed by atoms with Gasteiger partial charge in [-0.15, -0.1) is 0 Å². The molecule has 0 nitrogen and oxygen atoms in total. The predicted octanol–water partition coefficient (Wildman–Crippen LogP) is 5.81. The Kier molecular flexibility index (Phi) is 3.31. The molecule has 4 rings (SSSR count). The van der Waals surface area contributed by atoms with Crippen molar-refractivity contribution in [2.45, 2.75) is 25.7 Å². The Morgan fingerprint density at radius 1 is 0.762 bits per heavy atom. The van der Waals surface area contributed by atoms with Crippen LogP contribution in [0.1, 0.15) is 35.1 Å². The third-order valence-corrected chi connectivity index (χ3v) is 5.07. The molecule has 0 amide bonds. The van der Waals surface area contributed by atoms with Crippen LogP contribution >= 0.6 is 15.9 Å². The Hall–Kier alpha value is -1.60. The van der Waals surface area contributed by atoms with E-state index in [2.05, 4.69) is 70.5 Å². The van der Waals surface area contributed by atoms with E-state index in [0.717, 1.165) is 25.7 Å². The zero-order valence-electron chi connectivity index (χ0n) is 11.9. The van der Waals surface area contributed by atoms with Gasteiger partial charge in [0.2, 0.25) is 0 Å². The molecule has 0 saturated carbocycles. The van der Waals surface area contributed by atoms with Gasteiger partial charge in [0.25, 0.3) is 0 Å². The number of halogens is 1. The molecule has 0 N–H and O–H groups in total. The SMILES string of the molecule is Brc1ccc2c(c1)CC=C2CCC1=CCc2ccccc21. The van der Waals surface area contributed by atoms with E-state index in [1.165, 1.54) is 37.9 Å². The highest BCUT2D eigenvalue weighted by atomic mass is 79.9. The zero-order chi connectivity index (χ0) is 14.2. The van der Waals surface area contributed by atoms with Crippen molar-refractivity contribution in [3.8, 4) is 0 Å². The fourth-order valence-corrected chi connectivity index (χ4v) is 3.89. The Morgan fingerprint density at radius 2 is 1.43 bits per heavy atom. The van der Waals surface area contributed by atoms with Gasteiger partial charge in [0.05, 0.1) is 0 Å². The lowest BCUT2D eigenvalue weighted by Crippen LogP contribution is -1.88. The fraction of sp³-hybridized carbons (Fsp3) is 0.200. The van der Waals surface area contributed by atoms with Crippen molar-refractivity contribution in [2.24, 2.45) is 0 Å². The summed E-state index contributed by atoms with van der Waals surface area (Å²) in [6, 6.07) is 15.5. The molecule has 0 unspecified atom stereocenters. The molecule has 0 fully saturated rings. The first-order valence-electron chi connectivity index (χ1n) is 7.56. The maximum absolute atomic E-state index is 3.56. The van der Waals surface area contributed by atoms with Crippen LogP contribution in [0.4, 0.5) is 0 Å². The molecule has 0 atom stereocenters. The van der Waals surface area contributed by atoms with Crippen molar-refractivity contribution in [1.82, 2.24) is 0 Å². The van der Waals surface area contributed by atoms with Crippen molar-refractivity contribution < 1.29 is 0 Å². The van der Waals surface area contributed by atoms with Gasteiger partial charge in [-0.1, -0.05) is 58.4 Å². The average molecular weight is 337 g/mol. The quantitative estimate of drug-likeness (QED) is 0.663. The Labute approximate surface area is 134 Å². The fourth-order valence-electron chi connectivity index (χ4n) is 3.49.